The summed E-state index contributed by atoms with van der Waals surface area (Å²) in [6, 6.07) is 1.76. The molecule has 0 aliphatic carbocycles. The Balaban J connectivity index is 2.36. The van der Waals surface area contributed by atoms with Gasteiger partial charge in [0.15, 0.2) is 5.78 Å². The van der Waals surface area contributed by atoms with Gasteiger partial charge in [-0.2, -0.15) is 0 Å². The van der Waals surface area contributed by atoms with E-state index in [9.17, 15) is 9.59 Å². The van der Waals surface area contributed by atoms with Gasteiger partial charge in [-0.1, -0.05) is 13.3 Å². The number of carbonyl (C=O) groups is 2. The molecule has 1 aromatic heterocycles. The van der Waals surface area contributed by atoms with Crippen LogP contribution in [0.3, 0.4) is 0 Å². The van der Waals surface area contributed by atoms with Gasteiger partial charge >= 0.3 is 0 Å². The van der Waals surface area contributed by atoms with E-state index in [1.54, 1.807) is 6.07 Å². The summed E-state index contributed by atoms with van der Waals surface area (Å²) < 4.78 is 1.89. The molecule has 0 unspecified atom stereocenters. The molecule has 4 heteroatoms. The zero-order valence-electron chi connectivity index (χ0n) is 9.45. The maximum atomic E-state index is 11.8. The molecular formula is C12H16N2O2. The summed E-state index contributed by atoms with van der Waals surface area (Å²) in [5, 5.41) is 2.75. The monoisotopic (exact) mass is 220 g/mol. The van der Waals surface area contributed by atoms with Crippen molar-refractivity contribution in [3.8, 4) is 0 Å². The number of ketones is 1. The highest BCUT2D eigenvalue weighted by Gasteiger charge is 2.24. The normalized spacial score (nSPS) is 15.6. The van der Waals surface area contributed by atoms with E-state index in [0.717, 1.165) is 19.4 Å². The Hall–Kier alpha value is -1.58. The van der Waals surface area contributed by atoms with Crippen LogP contribution in [0, 0.1) is 0 Å². The van der Waals surface area contributed by atoms with Crippen LogP contribution in [0.1, 0.15) is 47.0 Å². The van der Waals surface area contributed by atoms with Gasteiger partial charge in [-0.25, -0.2) is 0 Å². The van der Waals surface area contributed by atoms with E-state index in [0.29, 0.717) is 24.2 Å². The molecule has 1 N–H and O–H groups in total. The van der Waals surface area contributed by atoms with Crippen LogP contribution in [0.2, 0.25) is 0 Å². The van der Waals surface area contributed by atoms with Crippen molar-refractivity contribution >= 4 is 11.7 Å². The van der Waals surface area contributed by atoms with Crippen molar-refractivity contribution in [1.29, 1.82) is 0 Å². The second kappa shape index (κ2) is 4.51. The minimum atomic E-state index is -0.123. The van der Waals surface area contributed by atoms with Gasteiger partial charge in [0.2, 0.25) is 0 Å². The quantitative estimate of drug-likeness (QED) is 0.841. The van der Waals surface area contributed by atoms with Gasteiger partial charge in [0.05, 0.1) is 0 Å². The highest BCUT2D eigenvalue weighted by Crippen LogP contribution is 2.16. The zero-order chi connectivity index (χ0) is 11.5. The van der Waals surface area contributed by atoms with Crippen molar-refractivity contribution < 1.29 is 9.59 Å². The number of aromatic nitrogens is 1. The molecule has 2 heterocycles. The molecular weight excluding hydrogens is 204 g/mol. The zero-order valence-corrected chi connectivity index (χ0v) is 9.45. The molecule has 1 amide bonds. The fourth-order valence-corrected chi connectivity index (χ4v) is 1.97. The first-order valence-electron chi connectivity index (χ1n) is 5.74. The third-order valence-corrected chi connectivity index (χ3v) is 2.87. The summed E-state index contributed by atoms with van der Waals surface area (Å²) in [6.07, 6.45) is 4.32. The average molecular weight is 220 g/mol. The summed E-state index contributed by atoms with van der Waals surface area (Å²) in [7, 11) is 0. The van der Waals surface area contributed by atoms with Crippen molar-refractivity contribution in [2.24, 2.45) is 0 Å². The molecule has 16 heavy (non-hydrogen) atoms. The second-order valence-corrected chi connectivity index (χ2v) is 4.05. The number of hydrogen-bond acceptors (Lipinski definition) is 2. The van der Waals surface area contributed by atoms with E-state index in [2.05, 4.69) is 12.2 Å². The topological polar surface area (TPSA) is 51.1 Å². The molecule has 0 saturated heterocycles. The van der Waals surface area contributed by atoms with E-state index in [-0.39, 0.29) is 11.7 Å². The third kappa shape index (κ3) is 1.87. The summed E-state index contributed by atoms with van der Waals surface area (Å²) in [4.78, 5) is 23.5. The molecule has 2 rings (SSSR count). The number of fused-ring (bicyclic) bond motifs is 1. The Morgan fingerprint density at radius 3 is 3.00 bits per heavy atom. The van der Waals surface area contributed by atoms with Crippen molar-refractivity contribution in [1.82, 2.24) is 9.88 Å². The lowest BCUT2D eigenvalue weighted by molar-refractivity contribution is 0.0946. The molecule has 0 radical (unpaired) electrons. The molecule has 1 aliphatic rings. The Bertz CT molecular complexity index is 421. The fraction of sp³-hybridized carbons (Fsp3) is 0.500. The van der Waals surface area contributed by atoms with Gasteiger partial charge in [-0.05, 0) is 12.5 Å². The lowest BCUT2D eigenvalue weighted by Crippen LogP contribution is -2.25. The number of nitrogens with one attached hydrogen (secondary N) is 1. The molecule has 0 spiro atoms. The van der Waals surface area contributed by atoms with Crippen molar-refractivity contribution in [3.63, 3.8) is 0 Å². The largest absolute Gasteiger partial charge is 0.350 e. The van der Waals surface area contributed by atoms with Crippen molar-refractivity contribution in [3.05, 3.63) is 23.5 Å². The van der Waals surface area contributed by atoms with Crippen molar-refractivity contribution in [2.75, 3.05) is 6.54 Å². The average Bonchev–Trinajstić information content (AvgIpc) is 2.63. The predicted molar refractivity (Wildman–Crippen MR) is 60.6 cm³/mol. The Kier molecular flexibility index (Phi) is 3.08. The number of nitrogens with zero attached hydrogens (tertiary/aromatic N) is 1. The number of unbranched alkanes of at least 4 members (excludes halogenated alkanes) is 1. The molecule has 86 valence electrons. The first kappa shape index (κ1) is 10.9. The third-order valence-electron chi connectivity index (χ3n) is 2.87. The number of hydrogen-bond donors (Lipinski definition) is 1. The van der Waals surface area contributed by atoms with Crippen LogP contribution < -0.4 is 5.32 Å². The summed E-state index contributed by atoms with van der Waals surface area (Å²) in [5.41, 5.74) is 1.11. The van der Waals surface area contributed by atoms with Crippen LogP contribution in [-0.4, -0.2) is 22.8 Å². The van der Waals surface area contributed by atoms with Gasteiger partial charge in [0, 0.05) is 31.3 Å². The van der Waals surface area contributed by atoms with Gasteiger partial charge in [-0.15, -0.1) is 0 Å². The van der Waals surface area contributed by atoms with Gasteiger partial charge < -0.3 is 9.88 Å². The Morgan fingerprint density at radius 1 is 1.44 bits per heavy atom. The smallest absolute Gasteiger partial charge is 0.268 e. The minimum Gasteiger partial charge on any atom is -0.350 e. The first-order valence-corrected chi connectivity index (χ1v) is 5.74. The lowest BCUT2D eigenvalue weighted by Gasteiger charge is -2.07. The first-order chi connectivity index (χ1) is 7.74. The Morgan fingerprint density at radius 2 is 2.25 bits per heavy atom. The van der Waals surface area contributed by atoms with E-state index >= 15 is 0 Å². The molecule has 0 saturated carbocycles. The predicted octanol–water partition coefficient (Wildman–Crippen LogP) is 1.60. The fourth-order valence-electron chi connectivity index (χ4n) is 1.97. The number of rotatable bonds is 3. The SMILES string of the molecule is CCCCn1ccc2c1C(=O)NCCC2=O. The van der Waals surface area contributed by atoms with Gasteiger partial charge in [-0.3, -0.25) is 9.59 Å². The van der Waals surface area contributed by atoms with E-state index < -0.39 is 0 Å². The van der Waals surface area contributed by atoms with Crippen LogP contribution in [-0.2, 0) is 6.54 Å². The lowest BCUT2D eigenvalue weighted by atomic mass is 10.1. The number of amides is 1. The van der Waals surface area contributed by atoms with Crippen molar-refractivity contribution in [2.45, 2.75) is 32.7 Å². The van der Waals surface area contributed by atoms with E-state index in [1.807, 2.05) is 10.8 Å². The molecule has 0 aromatic carbocycles. The summed E-state index contributed by atoms with van der Waals surface area (Å²) in [6.45, 7) is 3.35. The highest BCUT2D eigenvalue weighted by molar-refractivity contribution is 6.08. The van der Waals surface area contributed by atoms with E-state index in [4.69, 9.17) is 0 Å². The summed E-state index contributed by atoms with van der Waals surface area (Å²) in [5.74, 6) is -0.0643. The molecule has 1 aliphatic heterocycles. The van der Waals surface area contributed by atoms with Crippen LogP contribution in [0.25, 0.3) is 0 Å². The molecule has 0 atom stereocenters. The summed E-state index contributed by atoms with van der Waals surface area (Å²) >= 11 is 0. The van der Waals surface area contributed by atoms with Crippen LogP contribution in [0.15, 0.2) is 12.3 Å². The Labute approximate surface area is 94.6 Å². The van der Waals surface area contributed by atoms with Gasteiger partial charge in [0.1, 0.15) is 5.69 Å². The molecule has 0 fully saturated rings. The number of carbonyl (C=O) groups excluding carboxylic acids is 2. The number of aryl methyl sites for hydroxylation is 1. The minimum absolute atomic E-state index is 0.0589. The highest BCUT2D eigenvalue weighted by atomic mass is 16.2. The molecule has 1 aromatic rings. The molecule has 0 bridgehead atoms. The molecule has 4 nitrogen and oxygen atoms in total. The van der Waals surface area contributed by atoms with Gasteiger partial charge in [0.25, 0.3) is 5.91 Å². The maximum Gasteiger partial charge on any atom is 0.268 e. The maximum absolute atomic E-state index is 11.8. The van der Waals surface area contributed by atoms with E-state index in [1.165, 1.54) is 0 Å². The van der Waals surface area contributed by atoms with Crippen LogP contribution >= 0.6 is 0 Å². The van der Waals surface area contributed by atoms with Crippen LogP contribution in [0.5, 0.6) is 0 Å². The standard InChI is InChI=1S/C12H16N2O2/c1-2-3-7-14-8-5-9-10(15)4-6-13-12(16)11(9)14/h5,8H,2-4,6-7H2,1H3,(H,13,16). The number of Topliss-reactive ketones (excluding diaryl/α,β-unsaturated/α-hetero) is 1. The second-order valence-electron chi connectivity index (χ2n) is 4.05. The van der Waals surface area contributed by atoms with Crippen LogP contribution in [0.4, 0.5) is 0 Å².